The zero-order valence-electron chi connectivity index (χ0n) is 24.8. The van der Waals surface area contributed by atoms with E-state index in [0.29, 0.717) is 36.5 Å². The lowest BCUT2D eigenvalue weighted by molar-refractivity contribution is -0.139. The standard InChI is InChI=1S/C30H37N5O7S2/c1-19-11-20(2)29(21(3)12-19)44(40,41)34-25(30(38)39)16-33-27(36)18-42-23-13-22(15-32-26-8-4-5-9-31-26)35(17-23)28(37)14-24-7-6-10-43-24/h4-12,22-23,25,34H,13-18H2,1-3H3,(H,31,32)(H,33,36)(H,38,39). The molecule has 2 aromatic heterocycles. The van der Waals surface area contributed by atoms with Crippen LogP contribution in [-0.2, 0) is 35.6 Å². The molecule has 1 fully saturated rings. The lowest BCUT2D eigenvalue weighted by Crippen LogP contribution is -2.49. The second kappa shape index (κ2) is 14.8. The topological polar surface area (TPSA) is 167 Å². The van der Waals surface area contributed by atoms with Crippen molar-refractivity contribution in [3.8, 4) is 0 Å². The molecule has 3 atom stereocenters. The fraction of sp³-hybridized carbons (Fsp3) is 0.400. The molecule has 0 radical (unpaired) electrons. The Hall–Kier alpha value is -3.85. The first-order valence-corrected chi connectivity index (χ1v) is 16.5. The quantitative estimate of drug-likeness (QED) is 0.206. The summed E-state index contributed by atoms with van der Waals surface area (Å²) >= 11 is 1.51. The van der Waals surface area contributed by atoms with E-state index in [1.54, 1.807) is 37.1 Å². The highest BCUT2D eigenvalue weighted by molar-refractivity contribution is 7.89. The number of aromatic nitrogens is 1. The van der Waals surface area contributed by atoms with Crippen LogP contribution < -0.4 is 15.4 Å². The normalized spacial score (nSPS) is 17.3. The number of thiophene rings is 1. The second-order valence-corrected chi connectivity index (χ2v) is 13.4. The number of carboxylic acids is 1. The van der Waals surface area contributed by atoms with Gasteiger partial charge in [0.15, 0.2) is 0 Å². The van der Waals surface area contributed by atoms with Gasteiger partial charge in [-0.05, 0) is 61.9 Å². The minimum Gasteiger partial charge on any atom is -0.480 e. The van der Waals surface area contributed by atoms with Gasteiger partial charge in [-0.15, -0.1) is 11.3 Å². The Kier molecular flexibility index (Phi) is 11.1. The molecule has 1 aliphatic heterocycles. The molecule has 1 aromatic carbocycles. The third-order valence-electron chi connectivity index (χ3n) is 7.21. The Morgan fingerprint density at radius 2 is 1.89 bits per heavy atom. The molecule has 0 saturated carbocycles. The number of ether oxygens (including phenoxy) is 1. The number of benzene rings is 1. The highest BCUT2D eigenvalue weighted by Gasteiger charge is 2.36. The monoisotopic (exact) mass is 643 g/mol. The van der Waals surface area contributed by atoms with Crippen LogP contribution >= 0.6 is 11.3 Å². The van der Waals surface area contributed by atoms with Gasteiger partial charge in [-0.25, -0.2) is 13.4 Å². The van der Waals surface area contributed by atoms with Crippen molar-refractivity contribution in [1.29, 1.82) is 0 Å². The largest absolute Gasteiger partial charge is 0.480 e. The summed E-state index contributed by atoms with van der Waals surface area (Å²) < 4.78 is 34.1. The van der Waals surface area contributed by atoms with Crippen molar-refractivity contribution >= 4 is 45.0 Å². The summed E-state index contributed by atoms with van der Waals surface area (Å²) in [5.41, 5.74) is 1.86. The number of pyridine rings is 1. The SMILES string of the molecule is Cc1cc(C)c(S(=O)(=O)NC(CNC(=O)COC2CC(CNc3ccccn3)N(C(=O)Cc3cccs3)C2)C(=O)O)c(C)c1. The van der Waals surface area contributed by atoms with Crippen LogP contribution in [0.15, 0.2) is 58.9 Å². The number of hydrogen-bond donors (Lipinski definition) is 4. The van der Waals surface area contributed by atoms with Gasteiger partial charge in [0.05, 0.1) is 23.5 Å². The van der Waals surface area contributed by atoms with Crippen molar-refractivity contribution in [2.75, 3.05) is 31.6 Å². The fourth-order valence-electron chi connectivity index (χ4n) is 5.32. The van der Waals surface area contributed by atoms with Gasteiger partial charge in [0.25, 0.3) is 0 Å². The third-order valence-corrected chi connectivity index (χ3v) is 9.86. The molecular formula is C30H37N5O7S2. The van der Waals surface area contributed by atoms with Crippen molar-refractivity contribution in [2.45, 2.75) is 56.7 Å². The van der Waals surface area contributed by atoms with E-state index in [9.17, 15) is 27.9 Å². The molecule has 1 saturated heterocycles. The molecule has 4 rings (SSSR count). The Labute approximate surface area is 260 Å². The number of nitrogens with one attached hydrogen (secondary N) is 3. The highest BCUT2D eigenvalue weighted by atomic mass is 32.2. The molecule has 3 unspecified atom stereocenters. The van der Waals surface area contributed by atoms with E-state index in [2.05, 4.69) is 20.3 Å². The van der Waals surface area contributed by atoms with E-state index in [-0.39, 0.29) is 29.9 Å². The van der Waals surface area contributed by atoms with Crippen LogP contribution in [0.3, 0.4) is 0 Å². The van der Waals surface area contributed by atoms with Crippen LogP contribution in [0.1, 0.15) is 28.0 Å². The van der Waals surface area contributed by atoms with E-state index in [0.717, 1.165) is 10.4 Å². The average Bonchev–Trinajstić information content (AvgIpc) is 3.62. The number of carbonyl (C=O) groups excluding carboxylic acids is 2. The average molecular weight is 644 g/mol. The smallest absolute Gasteiger partial charge is 0.323 e. The van der Waals surface area contributed by atoms with Crippen molar-refractivity contribution in [3.05, 3.63) is 75.6 Å². The maximum Gasteiger partial charge on any atom is 0.323 e. The minimum atomic E-state index is -4.18. The maximum absolute atomic E-state index is 13.2. The predicted octanol–water partition coefficient (Wildman–Crippen LogP) is 2.26. The first-order valence-electron chi connectivity index (χ1n) is 14.1. The summed E-state index contributed by atoms with van der Waals surface area (Å²) in [7, 11) is -4.18. The van der Waals surface area contributed by atoms with E-state index in [4.69, 9.17) is 4.74 Å². The fourth-order valence-corrected chi connectivity index (χ4v) is 7.66. The number of aliphatic carboxylic acids is 1. The third kappa shape index (κ3) is 8.85. The van der Waals surface area contributed by atoms with Gasteiger partial charge in [0.2, 0.25) is 21.8 Å². The van der Waals surface area contributed by atoms with Crippen molar-refractivity contribution < 1.29 is 32.6 Å². The summed E-state index contributed by atoms with van der Waals surface area (Å²) in [6.45, 7) is 5.00. The first-order chi connectivity index (χ1) is 20.9. The molecule has 3 heterocycles. The van der Waals surface area contributed by atoms with Gasteiger partial charge in [0.1, 0.15) is 18.5 Å². The molecule has 2 amide bonds. The molecule has 0 aliphatic carbocycles. The number of amides is 2. The summed E-state index contributed by atoms with van der Waals surface area (Å²) in [5.74, 6) is -1.41. The molecule has 14 heteroatoms. The minimum absolute atomic E-state index is 0.00973. The Morgan fingerprint density at radius 3 is 2.52 bits per heavy atom. The number of nitrogens with zero attached hydrogens (tertiary/aromatic N) is 2. The zero-order chi connectivity index (χ0) is 31.9. The van der Waals surface area contributed by atoms with E-state index in [1.165, 1.54) is 11.3 Å². The highest BCUT2D eigenvalue weighted by Crippen LogP contribution is 2.24. The number of aryl methyl sites for hydroxylation is 3. The molecule has 1 aliphatic rings. The molecule has 0 spiro atoms. The zero-order valence-corrected chi connectivity index (χ0v) is 26.4. The van der Waals surface area contributed by atoms with E-state index < -0.39 is 40.6 Å². The van der Waals surface area contributed by atoms with Gasteiger partial charge in [-0.2, -0.15) is 4.72 Å². The molecule has 236 valence electrons. The summed E-state index contributed by atoms with van der Waals surface area (Å²) in [4.78, 5) is 44.6. The Morgan fingerprint density at radius 1 is 1.14 bits per heavy atom. The summed E-state index contributed by atoms with van der Waals surface area (Å²) in [5, 5.41) is 17.3. The summed E-state index contributed by atoms with van der Waals surface area (Å²) in [6, 6.07) is 10.9. The number of carbonyl (C=O) groups is 3. The van der Waals surface area contributed by atoms with Crippen molar-refractivity contribution in [2.24, 2.45) is 0 Å². The molecule has 12 nitrogen and oxygen atoms in total. The van der Waals surface area contributed by atoms with Gasteiger partial charge in [0, 0.05) is 30.7 Å². The Balaban J connectivity index is 1.32. The lowest BCUT2D eigenvalue weighted by atomic mass is 10.1. The number of anilines is 1. The van der Waals surface area contributed by atoms with E-state index in [1.807, 2.05) is 42.6 Å². The van der Waals surface area contributed by atoms with Crippen molar-refractivity contribution in [1.82, 2.24) is 19.9 Å². The van der Waals surface area contributed by atoms with Crippen LogP contribution in [0.5, 0.6) is 0 Å². The summed E-state index contributed by atoms with van der Waals surface area (Å²) in [6.07, 6.45) is 1.99. The van der Waals surface area contributed by atoms with Crippen LogP contribution in [0, 0.1) is 20.8 Å². The number of carboxylic acid groups (broad SMARTS) is 1. The second-order valence-electron chi connectivity index (χ2n) is 10.8. The molecular weight excluding hydrogens is 606 g/mol. The molecule has 3 aromatic rings. The molecule has 0 bridgehead atoms. The molecule has 4 N–H and O–H groups in total. The van der Waals surface area contributed by atoms with Crippen molar-refractivity contribution in [3.63, 3.8) is 0 Å². The number of sulfonamides is 1. The maximum atomic E-state index is 13.2. The van der Waals surface area contributed by atoms with Crippen LogP contribution in [0.2, 0.25) is 0 Å². The van der Waals surface area contributed by atoms with Gasteiger partial charge in [-0.3, -0.25) is 14.4 Å². The predicted molar refractivity (Wildman–Crippen MR) is 166 cm³/mol. The number of rotatable bonds is 14. The van der Waals surface area contributed by atoms with Gasteiger partial charge >= 0.3 is 5.97 Å². The van der Waals surface area contributed by atoms with Gasteiger partial charge in [-0.1, -0.05) is 29.8 Å². The van der Waals surface area contributed by atoms with E-state index >= 15 is 0 Å². The molecule has 44 heavy (non-hydrogen) atoms. The van der Waals surface area contributed by atoms with Crippen LogP contribution in [0.25, 0.3) is 0 Å². The lowest BCUT2D eigenvalue weighted by Gasteiger charge is -2.24. The first kappa shape index (κ1) is 33.1. The van der Waals surface area contributed by atoms with Crippen LogP contribution in [-0.4, -0.2) is 85.6 Å². The van der Waals surface area contributed by atoms with Gasteiger partial charge < -0.3 is 25.4 Å². The number of hydrogen-bond acceptors (Lipinski definition) is 9. The Bertz CT molecular complexity index is 1540. The number of likely N-dealkylation sites (tertiary alicyclic amines) is 1. The van der Waals surface area contributed by atoms with Crippen LogP contribution in [0.4, 0.5) is 5.82 Å².